The summed E-state index contributed by atoms with van der Waals surface area (Å²) in [5.74, 6) is -0.343. The lowest BCUT2D eigenvalue weighted by atomic mass is 10.1. The summed E-state index contributed by atoms with van der Waals surface area (Å²) in [6.45, 7) is -0.193. The first-order chi connectivity index (χ1) is 9.54. The van der Waals surface area contributed by atoms with Crippen molar-refractivity contribution in [2.75, 3.05) is 6.61 Å². The van der Waals surface area contributed by atoms with Gasteiger partial charge in [-0.25, -0.2) is 0 Å². The minimum Gasteiger partial charge on any atom is -0.394 e. The fraction of sp³-hybridized carbons (Fsp3) is 0.214. The van der Waals surface area contributed by atoms with Crippen LogP contribution >= 0.6 is 23.2 Å². The Labute approximate surface area is 126 Å². The van der Waals surface area contributed by atoms with Gasteiger partial charge in [0.1, 0.15) is 10.8 Å². The Kier molecular flexibility index (Phi) is 4.70. The van der Waals surface area contributed by atoms with E-state index in [2.05, 4.69) is 5.32 Å². The summed E-state index contributed by atoms with van der Waals surface area (Å²) in [7, 11) is 1.65. The molecular weight excluding hydrogens is 299 g/mol. The Morgan fingerprint density at radius 1 is 1.35 bits per heavy atom. The van der Waals surface area contributed by atoms with Gasteiger partial charge in [-0.1, -0.05) is 53.5 Å². The van der Waals surface area contributed by atoms with Crippen molar-refractivity contribution in [3.8, 4) is 0 Å². The second kappa shape index (κ2) is 6.31. The van der Waals surface area contributed by atoms with Crippen LogP contribution < -0.4 is 5.32 Å². The molecule has 0 aliphatic heterocycles. The van der Waals surface area contributed by atoms with E-state index in [1.165, 1.54) is 10.6 Å². The smallest absolute Gasteiger partial charge is 0.268 e. The first kappa shape index (κ1) is 14.9. The predicted molar refractivity (Wildman–Crippen MR) is 79.2 cm³/mol. The molecule has 1 amide bonds. The number of carbonyl (C=O) groups is 1. The number of rotatable bonds is 4. The van der Waals surface area contributed by atoms with E-state index >= 15 is 0 Å². The lowest BCUT2D eigenvalue weighted by Gasteiger charge is -2.17. The highest BCUT2D eigenvalue weighted by molar-refractivity contribution is 6.41. The third-order valence-electron chi connectivity index (χ3n) is 3.04. The van der Waals surface area contributed by atoms with Crippen LogP contribution in [0.25, 0.3) is 0 Å². The second-order valence-electron chi connectivity index (χ2n) is 4.35. The first-order valence-corrected chi connectivity index (χ1v) is 6.77. The number of halogens is 2. The Bertz CT molecular complexity index is 611. The molecule has 1 aromatic heterocycles. The van der Waals surface area contributed by atoms with Crippen LogP contribution in [-0.2, 0) is 7.05 Å². The van der Waals surface area contributed by atoms with Crippen molar-refractivity contribution in [3.63, 3.8) is 0 Å². The van der Waals surface area contributed by atoms with Gasteiger partial charge in [0.2, 0.25) is 0 Å². The zero-order valence-electron chi connectivity index (χ0n) is 10.8. The number of aliphatic hydroxyl groups is 1. The average Bonchev–Trinajstić information content (AvgIpc) is 2.73. The van der Waals surface area contributed by atoms with Crippen molar-refractivity contribution < 1.29 is 9.90 Å². The van der Waals surface area contributed by atoms with Crippen LogP contribution in [0.15, 0.2) is 36.4 Å². The molecule has 0 spiro atoms. The molecule has 0 saturated carbocycles. The average molecular weight is 313 g/mol. The molecule has 0 fully saturated rings. The van der Waals surface area contributed by atoms with Crippen molar-refractivity contribution in [2.45, 2.75) is 6.04 Å². The fourth-order valence-corrected chi connectivity index (χ4v) is 2.29. The van der Waals surface area contributed by atoms with Gasteiger partial charge in [-0.05, 0) is 11.6 Å². The third-order valence-corrected chi connectivity index (χ3v) is 3.88. The molecule has 1 atom stereocenters. The summed E-state index contributed by atoms with van der Waals surface area (Å²) in [5, 5.41) is 12.8. The molecule has 0 radical (unpaired) electrons. The van der Waals surface area contributed by atoms with Crippen LogP contribution in [0.2, 0.25) is 10.2 Å². The summed E-state index contributed by atoms with van der Waals surface area (Å²) < 4.78 is 1.50. The predicted octanol–water partition coefficient (Wildman–Crippen LogP) is 2.80. The highest BCUT2D eigenvalue weighted by Crippen LogP contribution is 2.25. The number of aromatic nitrogens is 1. The van der Waals surface area contributed by atoms with E-state index in [1.54, 1.807) is 7.05 Å². The molecule has 0 aliphatic carbocycles. The Morgan fingerprint density at radius 2 is 2.00 bits per heavy atom. The fourth-order valence-electron chi connectivity index (χ4n) is 1.91. The van der Waals surface area contributed by atoms with Gasteiger partial charge in [-0.15, -0.1) is 0 Å². The maximum atomic E-state index is 12.2. The van der Waals surface area contributed by atoms with Crippen LogP contribution in [0.1, 0.15) is 22.1 Å². The van der Waals surface area contributed by atoms with Crippen molar-refractivity contribution in [1.82, 2.24) is 9.88 Å². The Morgan fingerprint density at radius 3 is 2.50 bits per heavy atom. The van der Waals surface area contributed by atoms with Crippen LogP contribution in [0.3, 0.4) is 0 Å². The molecule has 0 saturated heterocycles. The maximum Gasteiger partial charge on any atom is 0.268 e. The first-order valence-electron chi connectivity index (χ1n) is 6.02. The van der Waals surface area contributed by atoms with Gasteiger partial charge in [-0.3, -0.25) is 4.79 Å². The molecule has 0 unspecified atom stereocenters. The molecule has 1 aromatic carbocycles. The number of hydrogen-bond acceptors (Lipinski definition) is 2. The number of aliphatic hydroxyl groups excluding tert-OH is 1. The molecule has 2 aromatic rings. The SMILES string of the molecule is Cn1c(C(=O)N[C@@H](CO)c2ccccc2)cc(Cl)c1Cl. The number of benzene rings is 1. The molecule has 106 valence electrons. The van der Waals surface area contributed by atoms with Gasteiger partial charge in [0.05, 0.1) is 17.7 Å². The normalized spacial score (nSPS) is 12.2. The molecule has 1 heterocycles. The highest BCUT2D eigenvalue weighted by atomic mass is 35.5. The molecule has 2 N–H and O–H groups in total. The third kappa shape index (κ3) is 2.98. The molecule has 0 aliphatic rings. The summed E-state index contributed by atoms with van der Waals surface area (Å²) in [5.41, 5.74) is 1.17. The minimum absolute atomic E-state index is 0.193. The second-order valence-corrected chi connectivity index (χ2v) is 5.11. The number of carbonyl (C=O) groups excluding carboxylic acids is 1. The van der Waals surface area contributed by atoms with E-state index in [-0.39, 0.29) is 12.5 Å². The van der Waals surface area contributed by atoms with Crippen molar-refractivity contribution in [1.29, 1.82) is 0 Å². The van der Waals surface area contributed by atoms with Crippen molar-refractivity contribution in [3.05, 3.63) is 57.8 Å². The van der Waals surface area contributed by atoms with Gasteiger partial charge in [0.25, 0.3) is 5.91 Å². The summed E-state index contributed by atoms with van der Waals surface area (Å²) in [4.78, 5) is 12.2. The van der Waals surface area contributed by atoms with E-state index < -0.39 is 6.04 Å². The number of amides is 1. The van der Waals surface area contributed by atoms with E-state index in [9.17, 15) is 9.90 Å². The van der Waals surface area contributed by atoms with Crippen LogP contribution in [0.5, 0.6) is 0 Å². The van der Waals surface area contributed by atoms with E-state index in [4.69, 9.17) is 23.2 Å². The standard InChI is InChI=1S/C14H14Cl2N2O2/c1-18-12(7-10(15)13(18)16)14(20)17-11(8-19)9-5-3-2-4-6-9/h2-7,11,19H,8H2,1H3,(H,17,20)/t11-/m0/s1. The quantitative estimate of drug-likeness (QED) is 0.912. The van der Waals surface area contributed by atoms with E-state index in [0.29, 0.717) is 15.9 Å². The van der Waals surface area contributed by atoms with Gasteiger partial charge in [0, 0.05) is 7.05 Å². The zero-order chi connectivity index (χ0) is 14.7. The number of nitrogens with one attached hydrogen (secondary N) is 1. The summed E-state index contributed by atoms with van der Waals surface area (Å²) >= 11 is 11.8. The molecule has 20 heavy (non-hydrogen) atoms. The lowest BCUT2D eigenvalue weighted by Crippen LogP contribution is -2.31. The van der Waals surface area contributed by atoms with Gasteiger partial charge in [0.15, 0.2) is 0 Å². The Hall–Kier alpha value is -1.49. The monoisotopic (exact) mass is 312 g/mol. The topological polar surface area (TPSA) is 54.3 Å². The van der Waals surface area contributed by atoms with E-state index in [1.807, 2.05) is 30.3 Å². The zero-order valence-corrected chi connectivity index (χ0v) is 12.3. The van der Waals surface area contributed by atoms with Crippen LogP contribution in [0, 0.1) is 0 Å². The largest absolute Gasteiger partial charge is 0.394 e. The molecule has 4 nitrogen and oxygen atoms in total. The van der Waals surface area contributed by atoms with E-state index in [0.717, 1.165) is 5.56 Å². The number of nitrogens with zero attached hydrogens (tertiary/aromatic N) is 1. The molecule has 6 heteroatoms. The highest BCUT2D eigenvalue weighted by Gasteiger charge is 2.19. The van der Waals surface area contributed by atoms with Gasteiger partial charge >= 0.3 is 0 Å². The van der Waals surface area contributed by atoms with Gasteiger partial charge in [-0.2, -0.15) is 0 Å². The lowest BCUT2D eigenvalue weighted by molar-refractivity contribution is 0.0908. The van der Waals surface area contributed by atoms with Crippen LogP contribution in [0.4, 0.5) is 0 Å². The molecule has 0 bridgehead atoms. The maximum absolute atomic E-state index is 12.2. The van der Waals surface area contributed by atoms with Gasteiger partial charge < -0.3 is 15.0 Å². The number of hydrogen-bond donors (Lipinski definition) is 2. The summed E-state index contributed by atoms with van der Waals surface area (Å²) in [6.07, 6.45) is 0. The van der Waals surface area contributed by atoms with Crippen molar-refractivity contribution in [2.24, 2.45) is 7.05 Å². The van der Waals surface area contributed by atoms with Crippen LogP contribution in [-0.4, -0.2) is 22.2 Å². The molecule has 2 rings (SSSR count). The minimum atomic E-state index is -0.476. The molecular formula is C14H14Cl2N2O2. The Balaban J connectivity index is 2.20. The van der Waals surface area contributed by atoms with Crippen molar-refractivity contribution >= 4 is 29.1 Å². The summed E-state index contributed by atoms with van der Waals surface area (Å²) in [6, 6.07) is 10.3.